The summed E-state index contributed by atoms with van der Waals surface area (Å²) >= 11 is 1.66. The lowest BCUT2D eigenvalue weighted by molar-refractivity contribution is -0.132. The number of hydrogen-bond acceptors (Lipinski definition) is 4. The number of nitrogens with one attached hydrogen (secondary N) is 1. The summed E-state index contributed by atoms with van der Waals surface area (Å²) in [5, 5.41) is 7.69. The molecule has 0 radical (unpaired) electrons. The SMILES string of the molecule is CCCC1NC(c2ccsc2)N(C2CCS(=O)CC2)C1=O. The number of amides is 1. The number of carbonyl (C=O) groups excluding carboxylic acids is 1. The average molecular weight is 326 g/mol. The maximum atomic E-state index is 12.8. The molecule has 2 aliphatic heterocycles. The maximum absolute atomic E-state index is 12.8. The molecule has 2 fully saturated rings. The summed E-state index contributed by atoms with van der Waals surface area (Å²) in [6.07, 6.45) is 3.60. The standard InChI is InChI=1S/C15H22N2O2S2/c1-2-3-13-15(18)17(12-5-8-21(19)9-6-12)14(16-13)11-4-7-20-10-11/h4,7,10,12-14,16H,2-3,5-6,8-9H2,1H3. The Balaban J connectivity index is 1.82. The number of nitrogens with zero attached hydrogens (tertiary/aromatic N) is 1. The highest BCUT2D eigenvalue weighted by Crippen LogP contribution is 2.33. The Kier molecular flexibility index (Phi) is 4.76. The molecule has 1 N–H and O–H groups in total. The van der Waals surface area contributed by atoms with E-state index in [-0.39, 0.29) is 24.2 Å². The van der Waals surface area contributed by atoms with Crippen molar-refractivity contribution in [1.29, 1.82) is 0 Å². The van der Waals surface area contributed by atoms with E-state index >= 15 is 0 Å². The smallest absolute Gasteiger partial charge is 0.241 e. The van der Waals surface area contributed by atoms with Gasteiger partial charge in [-0.1, -0.05) is 13.3 Å². The van der Waals surface area contributed by atoms with Crippen molar-refractivity contribution in [2.24, 2.45) is 0 Å². The predicted molar refractivity (Wildman–Crippen MR) is 86.6 cm³/mol. The van der Waals surface area contributed by atoms with Crippen LogP contribution in [0.25, 0.3) is 0 Å². The Morgan fingerprint density at radius 1 is 1.43 bits per heavy atom. The molecule has 2 unspecified atom stereocenters. The van der Waals surface area contributed by atoms with Gasteiger partial charge in [0.15, 0.2) is 0 Å². The molecule has 4 nitrogen and oxygen atoms in total. The minimum absolute atomic E-state index is 0.00293. The largest absolute Gasteiger partial charge is 0.318 e. The monoisotopic (exact) mass is 326 g/mol. The minimum atomic E-state index is -0.689. The highest BCUT2D eigenvalue weighted by atomic mass is 32.2. The normalized spacial score (nSPS) is 33.6. The zero-order chi connectivity index (χ0) is 14.8. The van der Waals surface area contributed by atoms with E-state index < -0.39 is 10.8 Å². The van der Waals surface area contributed by atoms with E-state index in [0.29, 0.717) is 0 Å². The maximum Gasteiger partial charge on any atom is 0.241 e. The molecule has 2 aliphatic rings. The Labute approximate surface area is 132 Å². The van der Waals surface area contributed by atoms with Crippen LogP contribution < -0.4 is 5.32 Å². The van der Waals surface area contributed by atoms with Gasteiger partial charge in [-0.05, 0) is 41.7 Å². The van der Waals surface area contributed by atoms with Gasteiger partial charge in [0.05, 0.1) is 6.04 Å². The number of rotatable bonds is 4. The van der Waals surface area contributed by atoms with Gasteiger partial charge in [0.25, 0.3) is 0 Å². The first-order valence-corrected chi connectivity index (χ1v) is 10.1. The van der Waals surface area contributed by atoms with E-state index in [4.69, 9.17) is 0 Å². The molecule has 1 amide bonds. The first kappa shape index (κ1) is 15.2. The molecule has 21 heavy (non-hydrogen) atoms. The molecular weight excluding hydrogens is 304 g/mol. The summed E-state index contributed by atoms with van der Waals surface area (Å²) in [5.74, 6) is 1.68. The second kappa shape index (κ2) is 6.58. The second-order valence-electron chi connectivity index (χ2n) is 5.79. The molecular formula is C15H22N2O2S2. The van der Waals surface area contributed by atoms with Crippen LogP contribution in [0.5, 0.6) is 0 Å². The van der Waals surface area contributed by atoms with Crippen LogP contribution in [0, 0.1) is 0 Å². The zero-order valence-corrected chi connectivity index (χ0v) is 13.9. The topological polar surface area (TPSA) is 49.4 Å². The fourth-order valence-electron chi connectivity index (χ4n) is 3.28. The molecule has 3 rings (SSSR count). The van der Waals surface area contributed by atoms with Gasteiger partial charge in [-0.2, -0.15) is 11.3 Å². The zero-order valence-electron chi connectivity index (χ0n) is 12.3. The van der Waals surface area contributed by atoms with Crippen LogP contribution >= 0.6 is 11.3 Å². The lowest BCUT2D eigenvalue weighted by Gasteiger charge is -2.34. The molecule has 6 heteroatoms. The van der Waals surface area contributed by atoms with E-state index in [9.17, 15) is 9.00 Å². The molecule has 116 valence electrons. The van der Waals surface area contributed by atoms with Gasteiger partial charge in [0.1, 0.15) is 6.17 Å². The lowest BCUT2D eigenvalue weighted by atomic mass is 10.1. The summed E-state index contributed by atoms with van der Waals surface area (Å²) in [5.41, 5.74) is 1.18. The second-order valence-corrected chi connectivity index (χ2v) is 8.27. The van der Waals surface area contributed by atoms with Gasteiger partial charge in [0, 0.05) is 28.3 Å². The Morgan fingerprint density at radius 3 is 2.81 bits per heavy atom. The quantitative estimate of drug-likeness (QED) is 0.923. The van der Waals surface area contributed by atoms with Gasteiger partial charge in [-0.3, -0.25) is 14.3 Å². The van der Waals surface area contributed by atoms with Crippen LogP contribution in [0.3, 0.4) is 0 Å². The van der Waals surface area contributed by atoms with E-state index in [1.54, 1.807) is 11.3 Å². The van der Waals surface area contributed by atoms with E-state index in [2.05, 4.69) is 29.1 Å². The molecule has 0 aromatic carbocycles. The van der Waals surface area contributed by atoms with Crippen LogP contribution in [0.1, 0.15) is 44.3 Å². The average Bonchev–Trinajstić information content (AvgIpc) is 3.10. The van der Waals surface area contributed by atoms with Gasteiger partial charge < -0.3 is 4.90 Å². The van der Waals surface area contributed by atoms with Crippen molar-refractivity contribution in [2.75, 3.05) is 11.5 Å². The molecule has 0 saturated carbocycles. The number of hydrogen-bond donors (Lipinski definition) is 1. The number of carbonyl (C=O) groups is 1. The molecule has 2 atom stereocenters. The molecule has 3 heterocycles. The van der Waals surface area contributed by atoms with Gasteiger partial charge >= 0.3 is 0 Å². The molecule has 0 bridgehead atoms. The highest BCUT2D eigenvalue weighted by molar-refractivity contribution is 7.85. The van der Waals surface area contributed by atoms with Crippen LogP contribution in [-0.2, 0) is 15.6 Å². The molecule has 2 saturated heterocycles. The third-order valence-electron chi connectivity index (χ3n) is 4.38. The first-order valence-electron chi connectivity index (χ1n) is 7.66. The van der Waals surface area contributed by atoms with Crippen molar-refractivity contribution in [3.63, 3.8) is 0 Å². The van der Waals surface area contributed by atoms with E-state index in [0.717, 1.165) is 37.2 Å². The third-order valence-corrected chi connectivity index (χ3v) is 6.46. The summed E-state index contributed by atoms with van der Waals surface area (Å²) < 4.78 is 11.6. The Hall–Kier alpha value is -0.720. The Morgan fingerprint density at radius 2 is 2.19 bits per heavy atom. The van der Waals surface area contributed by atoms with Crippen molar-refractivity contribution < 1.29 is 9.00 Å². The molecule has 1 aromatic heterocycles. The fraction of sp³-hybridized carbons (Fsp3) is 0.667. The fourth-order valence-corrected chi connectivity index (χ4v) is 5.24. The van der Waals surface area contributed by atoms with E-state index in [1.165, 1.54) is 5.56 Å². The first-order chi connectivity index (χ1) is 10.2. The summed E-state index contributed by atoms with van der Waals surface area (Å²) in [6, 6.07) is 2.26. The van der Waals surface area contributed by atoms with Crippen molar-refractivity contribution in [2.45, 2.75) is 50.9 Å². The van der Waals surface area contributed by atoms with Crippen molar-refractivity contribution >= 4 is 28.0 Å². The molecule has 0 aliphatic carbocycles. The third kappa shape index (κ3) is 3.07. The van der Waals surface area contributed by atoms with Crippen molar-refractivity contribution in [1.82, 2.24) is 10.2 Å². The summed E-state index contributed by atoms with van der Waals surface area (Å²) in [6.45, 7) is 2.11. The number of thiophene rings is 1. The van der Waals surface area contributed by atoms with Crippen LogP contribution in [0.15, 0.2) is 16.8 Å². The highest BCUT2D eigenvalue weighted by Gasteiger charge is 2.43. The van der Waals surface area contributed by atoms with Crippen molar-refractivity contribution in [3.8, 4) is 0 Å². The van der Waals surface area contributed by atoms with Gasteiger partial charge in [-0.15, -0.1) is 0 Å². The van der Waals surface area contributed by atoms with Gasteiger partial charge in [0.2, 0.25) is 5.91 Å². The lowest BCUT2D eigenvalue weighted by Crippen LogP contribution is -2.43. The summed E-state index contributed by atoms with van der Waals surface area (Å²) in [7, 11) is -0.689. The van der Waals surface area contributed by atoms with Crippen molar-refractivity contribution in [3.05, 3.63) is 22.4 Å². The predicted octanol–water partition coefficient (Wildman–Crippen LogP) is 2.26. The van der Waals surface area contributed by atoms with Gasteiger partial charge in [-0.25, -0.2) is 0 Å². The summed E-state index contributed by atoms with van der Waals surface area (Å²) in [4.78, 5) is 14.8. The van der Waals surface area contributed by atoms with E-state index in [1.807, 2.05) is 4.90 Å². The van der Waals surface area contributed by atoms with Crippen LogP contribution in [0.2, 0.25) is 0 Å². The minimum Gasteiger partial charge on any atom is -0.318 e. The Bertz CT molecular complexity index is 508. The van der Waals surface area contributed by atoms with Crippen LogP contribution in [-0.4, -0.2) is 38.6 Å². The molecule has 1 aromatic rings. The molecule has 0 spiro atoms. The van der Waals surface area contributed by atoms with Crippen LogP contribution in [0.4, 0.5) is 0 Å².